The van der Waals surface area contributed by atoms with Gasteiger partial charge in [-0.1, -0.05) is 6.42 Å². The SMILES string of the molecule is O=C(O)COCCN1CCCCC1. The lowest BCUT2D eigenvalue weighted by Gasteiger charge is -2.25. The summed E-state index contributed by atoms with van der Waals surface area (Å²) in [5.41, 5.74) is 0. The topological polar surface area (TPSA) is 49.8 Å². The largest absolute Gasteiger partial charge is 0.480 e. The van der Waals surface area contributed by atoms with E-state index in [9.17, 15) is 4.79 Å². The Morgan fingerprint density at radius 2 is 2.00 bits per heavy atom. The van der Waals surface area contributed by atoms with Crippen LogP contribution in [0.3, 0.4) is 0 Å². The fourth-order valence-corrected chi connectivity index (χ4v) is 1.54. The Balaban J connectivity index is 1.95. The Morgan fingerprint density at radius 3 is 2.62 bits per heavy atom. The van der Waals surface area contributed by atoms with Crippen LogP contribution in [0.4, 0.5) is 0 Å². The fourth-order valence-electron chi connectivity index (χ4n) is 1.54. The minimum atomic E-state index is -0.890. The summed E-state index contributed by atoms with van der Waals surface area (Å²) in [6.45, 7) is 3.50. The molecule has 1 fully saturated rings. The number of hydrogen-bond donors (Lipinski definition) is 1. The molecule has 0 atom stereocenters. The number of aliphatic carboxylic acids is 1. The molecule has 1 saturated heterocycles. The van der Waals surface area contributed by atoms with E-state index in [1.807, 2.05) is 0 Å². The monoisotopic (exact) mass is 187 g/mol. The molecule has 1 N–H and O–H groups in total. The summed E-state index contributed by atoms with van der Waals surface area (Å²) in [6.07, 6.45) is 3.85. The number of ether oxygens (including phenoxy) is 1. The van der Waals surface area contributed by atoms with Crippen molar-refractivity contribution in [3.05, 3.63) is 0 Å². The molecule has 0 bridgehead atoms. The standard InChI is InChI=1S/C9H17NO3/c11-9(12)8-13-7-6-10-4-2-1-3-5-10/h1-8H2,(H,11,12). The lowest BCUT2D eigenvalue weighted by atomic mass is 10.1. The van der Waals surface area contributed by atoms with Crippen LogP contribution in [0.5, 0.6) is 0 Å². The van der Waals surface area contributed by atoms with E-state index in [4.69, 9.17) is 9.84 Å². The van der Waals surface area contributed by atoms with Crippen LogP contribution < -0.4 is 0 Å². The van der Waals surface area contributed by atoms with Crippen molar-refractivity contribution in [2.24, 2.45) is 0 Å². The van der Waals surface area contributed by atoms with E-state index in [0.717, 1.165) is 19.6 Å². The van der Waals surface area contributed by atoms with Crippen LogP contribution in [-0.2, 0) is 9.53 Å². The minimum absolute atomic E-state index is 0.173. The number of carbonyl (C=O) groups is 1. The van der Waals surface area contributed by atoms with E-state index >= 15 is 0 Å². The van der Waals surface area contributed by atoms with Gasteiger partial charge in [-0.05, 0) is 25.9 Å². The van der Waals surface area contributed by atoms with Crippen molar-refractivity contribution < 1.29 is 14.6 Å². The maximum absolute atomic E-state index is 10.1. The third kappa shape index (κ3) is 4.85. The number of rotatable bonds is 5. The molecular formula is C9H17NO3. The van der Waals surface area contributed by atoms with Crippen LogP contribution in [-0.4, -0.2) is 48.8 Å². The highest BCUT2D eigenvalue weighted by atomic mass is 16.5. The number of carboxylic acid groups (broad SMARTS) is 1. The van der Waals surface area contributed by atoms with Crippen LogP contribution in [0, 0.1) is 0 Å². The molecule has 0 aromatic rings. The first-order valence-electron chi connectivity index (χ1n) is 4.81. The Bertz CT molecular complexity index is 155. The van der Waals surface area contributed by atoms with Crippen LogP contribution >= 0.6 is 0 Å². The van der Waals surface area contributed by atoms with Crippen molar-refractivity contribution in [3.8, 4) is 0 Å². The first kappa shape index (κ1) is 10.5. The van der Waals surface area contributed by atoms with Crippen LogP contribution in [0.2, 0.25) is 0 Å². The van der Waals surface area contributed by atoms with Gasteiger partial charge in [0, 0.05) is 6.54 Å². The molecule has 76 valence electrons. The summed E-state index contributed by atoms with van der Waals surface area (Å²) in [6, 6.07) is 0. The Morgan fingerprint density at radius 1 is 1.31 bits per heavy atom. The normalized spacial score (nSPS) is 18.8. The van der Waals surface area contributed by atoms with E-state index in [1.165, 1.54) is 19.3 Å². The smallest absolute Gasteiger partial charge is 0.329 e. The first-order valence-corrected chi connectivity index (χ1v) is 4.81. The molecule has 1 aliphatic heterocycles. The molecule has 4 heteroatoms. The summed E-state index contributed by atoms with van der Waals surface area (Å²) in [4.78, 5) is 12.4. The number of hydrogen-bond acceptors (Lipinski definition) is 3. The Kier molecular flexibility index (Phi) is 4.78. The molecule has 0 unspecified atom stereocenters. The molecule has 0 radical (unpaired) electrons. The van der Waals surface area contributed by atoms with Crippen LogP contribution in [0.1, 0.15) is 19.3 Å². The molecule has 4 nitrogen and oxygen atoms in total. The fraction of sp³-hybridized carbons (Fsp3) is 0.889. The predicted octanol–water partition coefficient (Wildman–Crippen LogP) is 0.573. The molecule has 0 aromatic heterocycles. The molecular weight excluding hydrogens is 170 g/mol. The average molecular weight is 187 g/mol. The lowest BCUT2D eigenvalue weighted by Crippen LogP contribution is -2.33. The maximum Gasteiger partial charge on any atom is 0.329 e. The van der Waals surface area contributed by atoms with E-state index in [-0.39, 0.29) is 6.61 Å². The second-order valence-corrected chi connectivity index (χ2v) is 3.35. The predicted molar refractivity (Wildman–Crippen MR) is 48.7 cm³/mol. The second kappa shape index (κ2) is 5.94. The Hall–Kier alpha value is -0.610. The van der Waals surface area contributed by atoms with Crippen molar-refractivity contribution in [1.82, 2.24) is 4.90 Å². The van der Waals surface area contributed by atoms with Crippen LogP contribution in [0.25, 0.3) is 0 Å². The molecule has 0 saturated carbocycles. The van der Waals surface area contributed by atoms with Crippen molar-refractivity contribution in [1.29, 1.82) is 0 Å². The van der Waals surface area contributed by atoms with Crippen molar-refractivity contribution >= 4 is 5.97 Å². The summed E-state index contributed by atoms with van der Waals surface area (Å²) >= 11 is 0. The van der Waals surface area contributed by atoms with E-state index in [1.54, 1.807) is 0 Å². The van der Waals surface area contributed by atoms with Crippen LogP contribution in [0.15, 0.2) is 0 Å². The molecule has 0 aromatic carbocycles. The maximum atomic E-state index is 10.1. The minimum Gasteiger partial charge on any atom is -0.480 e. The van der Waals surface area contributed by atoms with Gasteiger partial charge in [0.25, 0.3) is 0 Å². The quantitative estimate of drug-likeness (QED) is 0.639. The van der Waals surface area contributed by atoms with Gasteiger partial charge in [0.1, 0.15) is 6.61 Å². The molecule has 0 amide bonds. The molecule has 0 spiro atoms. The first-order chi connectivity index (χ1) is 6.29. The molecule has 1 rings (SSSR count). The van der Waals surface area contributed by atoms with Crippen molar-refractivity contribution in [2.75, 3.05) is 32.8 Å². The summed E-state index contributed by atoms with van der Waals surface area (Å²) in [5.74, 6) is -0.890. The highest BCUT2D eigenvalue weighted by Gasteiger charge is 2.09. The van der Waals surface area contributed by atoms with Crippen molar-refractivity contribution in [3.63, 3.8) is 0 Å². The third-order valence-corrected chi connectivity index (χ3v) is 2.23. The molecule has 13 heavy (non-hydrogen) atoms. The van der Waals surface area contributed by atoms with Crippen molar-refractivity contribution in [2.45, 2.75) is 19.3 Å². The van der Waals surface area contributed by atoms with Gasteiger partial charge in [-0.25, -0.2) is 4.79 Å². The lowest BCUT2D eigenvalue weighted by molar-refractivity contribution is -0.142. The highest BCUT2D eigenvalue weighted by molar-refractivity contribution is 5.67. The van der Waals surface area contributed by atoms with E-state index < -0.39 is 5.97 Å². The zero-order chi connectivity index (χ0) is 9.52. The van der Waals surface area contributed by atoms with Gasteiger partial charge in [-0.15, -0.1) is 0 Å². The van der Waals surface area contributed by atoms with Gasteiger partial charge in [-0.2, -0.15) is 0 Å². The van der Waals surface area contributed by atoms with E-state index in [0.29, 0.717) is 6.61 Å². The third-order valence-electron chi connectivity index (χ3n) is 2.23. The van der Waals surface area contributed by atoms with Gasteiger partial charge >= 0.3 is 5.97 Å². The average Bonchev–Trinajstić information content (AvgIpc) is 2.14. The van der Waals surface area contributed by atoms with Gasteiger partial charge in [0.2, 0.25) is 0 Å². The Labute approximate surface area is 78.5 Å². The van der Waals surface area contributed by atoms with Gasteiger partial charge in [0.05, 0.1) is 6.61 Å². The number of nitrogens with zero attached hydrogens (tertiary/aromatic N) is 1. The summed E-state index contributed by atoms with van der Waals surface area (Å²) in [5, 5.41) is 8.31. The molecule has 1 heterocycles. The zero-order valence-corrected chi connectivity index (χ0v) is 7.87. The second-order valence-electron chi connectivity index (χ2n) is 3.35. The zero-order valence-electron chi connectivity index (χ0n) is 7.87. The van der Waals surface area contributed by atoms with Gasteiger partial charge in [0.15, 0.2) is 0 Å². The molecule has 1 aliphatic rings. The van der Waals surface area contributed by atoms with E-state index in [2.05, 4.69) is 4.90 Å². The number of piperidine rings is 1. The summed E-state index contributed by atoms with van der Waals surface area (Å²) < 4.78 is 4.96. The van der Waals surface area contributed by atoms with Gasteiger partial charge in [-0.3, -0.25) is 0 Å². The number of likely N-dealkylation sites (tertiary alicyclic amines) is 1. The highest BCUT2D eigenvalue weighted by Crippen LogP contribution is 2.07. The van der Waals surface area contributed by atoms with Gasteiger partial charge < -0.3 is 14.7 Å². The number of carboxylic acids is 1. The molecule has 0 aliphatic carbocycles. The summed E-state index contributed by atoms with van der Waals surface area (Å²) in [7, 11) is 0.